The molecule has 0 amide bonds. The Bertz CT molecular complexity index is 108. The van der Waals surface area contributed by atoms with E-state index in [-0.39, 0.29) is 0 Å². The van der Waals surface area contributed by atoms with Gasteiger partial charge in [0.1, 0.15) is 0 Å². The quantitative estimate of drug-likeness (QED) is 0.549. The van der Waals surface area contributed by atoms with Gasteiger partial charge in [-0.05, 0) is 18.1 Å². The Morgan fingerprint density at radius 1 is 0.900 bits per heavy atom. The molecule has 2 heteroatoms. The molecule has 0 aromatic carbocycles. The van der Waals surface area contributed by atoms with Crippen molar-refractivity contribution in [2.45, 2.75) is 20.8 Å². The Morgan fingerprint density at radius 2 is 1.20 bits per heavy atom. The maximum atomic E-state index is 3.53. The van der Waals surface area contributed by atoms with Crippen molar-refractivity contribution < 1.29 is 0 Å². The molecule has 0 unspecified atom stereocenters. The summed E-state index contributed by atoms with van der Waals surface area (Å²) in [5.74, 6) is 0.833. The Kier molecular flexibility index (Phi) is 5.63. The van der Waals surface area contributed by atoms with Crippen molar-refractivity contribution in [2.75, 3.05) is 0 Å². The van der Waals surface area contributed by atoms with Gasteiger partial charge in [-0.15, -0.1) is 0 Å². The summed E-state index contributed by atoms with van der Waals surface area (Å²) >= 11 is 0. The van der Waals surface area contributed by atoms with Crippen LogP contribution in [0, 0.1) is 5.92 Å². The van der Waals surface area contributed by atoms with Gasteiger partial charge in [-0.1, -0.05) is 20.8 Å². The first-order chi connectivity index (χ1) is 4.73. The molecule has 0 fully saturated rings. The lowest BCUT2D eigenvalue weighted by atomic mass is 10.3. The van der Waals surface area contributed by atoms with Gasteiger partial charge in [0.05, 0.1) is 0 Å². The van der Waals surface area contributed by atoms with Crippen LogP contribution < -0.4 is 0 Å². The molecule has 0 aliphatic carbocycles. The van der Waals surface area contributed by atoms with Crippen LogP contribution in [0.15, 0.2) is 24.5 Å². The van der Waals surface area contributed by atoms with Gasteiger partial charge >= 0.3 is 0 Å². The second kappa shape index (κ2) is 6.20. The van der Waals surface area contributed by atoms with Gasteiger partial charge in [0.15, 0.2) is 0 Å². The van der Waals surface area contributed by atoms with Crippen LogP contribution in [0.1, 0.15) is 20.8 Å². The lowest BCUT2D eigenvalue weighted by Gasteiger charge is -1.79. The standard InChI is InChI=1S/C4H4N2.C4H10/c1-2-4-6-5-3-1;1-4(2)3/h1-4H;4H,1-3H3. The summed E-state index contributed by atoms with van der Waals surface area (Å²) in [6, 6.07) is 3.65. The van der Waals surface area contributed by atoms with Crippen molar-refractivity contribution in [1.82, 2.24) is 10.2 Å². The highest BCUT2D eigenvalue weighted by Gasteiger charge is 1.68. The number of hydrogen-bond acceptors (Lipinski definition) is 2. The zero-order chi connectivity index (χ0) is 7.82. The van der Waals surface area contributed by atoms with Crippen LogP contribution in [0.2, 0.25) is 0 Å². The van der Waals surface area contributed by atoms with E-state index in [4.69, 9.17) is 0 Å². The fraction of sp³-hybridized carbons (Fsp3) is 0.500. The van der Waals surface area contributed by atoms with Crippen molar-refractivity contribution in [2.24, 2.45) is 5.92 Å². The molecule has 1 aromatic rings. The van der Waals surface area contributed by atoms with Crippen molar-refractivity contribution in [3.8, 4) is 0 Å². The molecule has 0 N–H and O–H groups in total. The van der Waals surface area contributed by atoms with E-state index >= 15 is 0 Å². The van der Waals surface area contributed by atoms with E-state index in [0.717, 1.165) is 5.92 Å². The third kappa shape index (κ3) is 10.1. The van der Waals surface area contributed by atoms with E-state index < -0.39 is 0 Å². The molecule has 2 nitrogen and oxygen atoms in total. The first kappa shape index (κ1) is 9.08. The molecule has 56 valence electrons. The van der Waals surface area contributed by atoms with E-state index in [1.807, 2.05) is 12.1 Å². The molecule has 1 rings (SSSR count). The molecule has 0 saturated heterocycles. The normalized spacial score (nSPS) is 8.40. The predicted octanol–water partition coefficient (Wildman–Crippen LogP) is 2.14. The highest BCUT2D eigenvalue weighted by molar-refractivity contribution is 4.79. The number of nitrogens with zero attached hydrogens (tertiary/aromatic N) is 2. The summed E-state index contributed by atoms with van der Waals surface area (Å²) in [5.41, 5.74) is 0. The first-order valence-electron chi connectivity index (χ1n) is 3.45. The smallest absolute Gasteiger partial charge is 0.0496 e. The molecule has 0 bridgehead atoms. The van der Waals surface area contributed by atoms with Crippen molar-refractivity contribution in [1.29, 1.82) is 0 Å². The maximum absolute atomic E-state index is 3.53. The van der Waals surface area contributed by atoms with E-state index in [1.54, 1.807) is 12.4 Å². The van der Waals surface area contributed by atoms with Crippen LogP contribution in [-0.4, -0.2) is 10.2 Å². The monoisotopic (exact) mass is 138 g/mol. The fourth-order valence-corrected chi connectivity index (χ4v) is 0.253. The first-order valence-corrected chi connectivity index (χ1v) is 3.45. The number of aromatic nitrogens is 2. The highest BCUT2D eigenvalue weighted by Crippen LogP contribution is 1.81. The molecule has 0 spiro atoms. The second-order valence-corrected chi connectivity index (χ2v) is 2.65. The molecule has 0 aliphatic heterocycles. The summed E-state index contributed by atoms with van der Waals surface area (Å²) in [6.45, 7) is 6.50. The molecule has 1 heterocycles. The highest BCUT2D eigenvalue weighted by atomic mass is 15.1. The SMILES string of the molecule is CC(C)C.c1ccnnc1. The summed E-state index contributed by atoms with van der Waals surface area (Å²) < 4.78 is 0. The summed E-state index contributed by atoms with van der Waals surface area (Å²) in [5, 5.41) is 7.07. The average Bonchev–Trinajstić information content (AvgIpc) is 1.90. The third-order valence-electron chi connectivity index (χ3n) is 0.483. The molecular weight excluding hydrogens is 124 g/mol. The average molecular weight is 138 g/mol. The van der Waals surface area contributed by atoms with Crippen molar-refractivity contribution in [3.63, 3.8) is 0 Å². The van der Waals surface area contributed by atoms with Gasteiger partial charge < -0.3 is 0 Å². The van der Waals surface area contributed by atoms with Gasteiger partial charge in [0.25, 0.3) is 0 Å². The van der Waals surface area contributed by atoms with Gasteiger partial charge in [-0.2, -0.15) is 10.2 Å². The van der Waals surface area contributed by atoms with Gasteiger partial charge in [-0.25, -0.2) is 0 Å². The minimum absolute atomic E-state index is 0.833. The van der Waals surface area contributed by atoms with Gasteiger partial charge in [0.2, 0.25) is 0 Å². The van der Waals surface area contributed by atoms with E-state index in [0.29, 0.717) is 0 Å². The molecule has 0 aliphatic rings. The van der Waals surface area contributed by atoms with Crippen LogP contribution in [0.5, 0.6) is 0 Å². The molecule has 0 saturated carbocycles. The molecule has 0 atom stereocenters. The Hall–Kier alpha value is -0.920. The Morgan fingerprint density at radius 3 is 1.30 bits per heavy atom. The molecular formula is C8H14N2. The second-order valence-electron chi connectivity index (χ2n) is 2.65. The van der Waals surface area contributed by atoms with Crippen LogP contribution in [0.25, 0.3) is 0 Å². The van der Waals surface area contributed by atoms with Crippen molar-refractivity contribution >= 4 is 0 Å². The van der Waals surface area contributed by atoms with Crippen LogP contribution in [0.3, 0.4) is 0 Å². The van der Waals surface area contributed by atoms with Crippen molar-refractivity contribution in [3.05, 3.63) is 24.5 Å². The number of hydrogen-bond donors (Lipinski definition) is 0. The third-order valence-corrected chi connectivity index (χ3v) is 0.483. The molecule has 0 radical (unpaired) electrons. The lowest BCUT2D eigenvalue weighted by Crippen LogP contribution is -1.69. The minimum atomic E-state index is 0.833. The Labute approximate surface area is 62.3 Å². The molecule has 10 heavy (non-hydrogen) atoms. The minimum Gasteiger partial charge on any atom is -0.159 e. The summed E-state index contributed by atoms with van der Waals surface area (Å²) in [6.07, 6.45) is 3.28. The van der Waals surface area contributed by atoms with E-state index in [1.165, 1.54) is 0 Å². The van der Waals surface area contributed by atoms with E-state index in [9.17, 15) is 0 Å². The maximum Gasteiger partial charge on any atom is 0.0496 e. The fourth-order valence-electron chi connectivity index (χ4n) is 0.253. The molecule has 1 aromatic heterocycles. The largest absolute Gasteiger partial charge is 0.159 e. The predicted molar refractivity (Wildman–Crippen MR) is 42.5 cm³/mol. The zero-order valence-corrected chi connectivity index (χ0v) is 6.78. The van der Waals surface area contributed by atoms with E-state index in [2.05, 4.69) is 31.0 Å². The Balaban J connectivity index is 0.000000180. The summed E-state index contributed by atoms with van der Waals surface area (Å²) in [4.78, 5) is 0. The lowest BCUT2D eigenvalue weighted by molar-refractivity contribution is 0.737. The summed E-state index contributed by atoms with van der Waals surface area (Å²) in [7, 11) is 0. The van der Waals surface area contributed by atoms with Gasteiger partial charge in [-0.3, -0.25) is 0 Å². The topological polar surface area (TPSA) is 25.8 Å². The van der Waals surface area contributed by atoms with Crippen LogP contribution in [-0.2, 0) is 0 Å². The zero-order valence-electron chi connectivity index (χ0n) is 6.78. The van der Waals surface area contributed by atoms with Gasteiger partial charge in [0, 0.05) is 12.4 Å². The van der Waals surface area contributed by atoms with Crippen LogP contribution >= 0.6 is 0 Å². The number of rotatable bonds is 0. The van der Waals surface area contributed by atoms with Crippen LogP contribution in [0.4, 0.5) is 0 Å².